The molecule has 0 amide bonds. The van der Waals surface area contributed by atoms with Crippen LogP contribution in [0, 0.1) is 0 Å². The smallest absolute Gasteiger partial charge is 0.249 e. The van der Waals surface area contributed by atoms with Gasteiger partial charge in [-0.05, 0) is 36.4 Å². The Morgan fingerprint density at radius 3 is 1.50 bits per heavy atom. The average Bonchev–Trinajstić information content (AvgIpc) is 3.45. The summed E-state index contributed by atoms with van der Waals surface area (Å²) < 4.78 is 8.55. The molecule has 0 radical (unpaired) electrons. The van der Waals surface area contributed by atoms with Crippen molar-refractivity contribution in [2.45, 2.75) is 13.1 Å². The second-order valence-electron chi connectivity index (χ2n) is 7.12. The fourth-order valence-electron chi connectivity index (χ4n) is 3.52. The van der Waals surface area contributed by atoms with Gasteiger partial charge in [0.1, 0.15) is 37.9 Å². The molecule has 1 aromatic carbocycles. The van der Waals surface area contributed by atoms with Crippen molar-refractivity contribution in [3.8, 4) is 11.4 Å². The maximum Gasteiger partial charge on any atom is 0.249 e. The van der Waals surface area contributed by atoms with Crippen molar-refractivity contribution in [2.24, 2.45) is 0 Å². The van der Waals surface area contributed by atoms with Gasteiger partial charge in [-0.25, -0.2) is 9.13 Å². The zero-order chi connectivity index (χ0) is 20.2. The molecule has 0 aliphatic carbocycles. The molecule has 0 fully saturated rings. The molecule has 6 nitrogen and oxygen atoms in total. The minimum Gasteiger partial charge on any atom is -0.257 e. The van der Waals surface area contributed by atoms with E-state index in [0.717, 1.165) is 35.9 Å². The van der Waals surface area contributed by atoms with Crippen LogP contribution in [0.25, 0.3) is 11.4 Å². The van der Waals surface area contributed by atoms with Crippen LogP contribution in [0.15, 0.2) is 110 Å². The maximum absolute atomic E-state index is 4.42. The van der Waals surface area contributed by atoms with E-state index < -0.39 is 0 Å². The van der Waals surface area contributed by atoms with E-state index in [0.29, 0.717) is 0 Å². The predicted octanol–water partition coefficient (Wildman–Crippen LogP) is 2.73. The molecule has 5 aromatic rings. The highest BCUT2D eigenvalue weighted by Crippen LogP contribution is 2.18. The van der Waals surface area contributed by atoms with E-state index in [9.17, 15) is 0 Å². The molecule has 0 N–H and O–H groups in total. The van der Waals surface area contributed by atoms with E-state index in [4.69, 9.17) is 0 Å². The quantitative estimate of drug-likeness (QED) is 0.416. The van der Waals surface area contributed by atoms with Crippen LogP contribution in [-0.4, -0.2) is 19.1 Å². The van der Waals surface area contributed by atoms with Crippen LogP contribution in [-0.2, 0) is 13.1 Å². The standard InChI is InChI=1S/C24H22N6/c1-2-10-24(30-16-14-28(20-30)18-22-8-4-6-12-26-22)23(9-1)29-15-13-27(19-29)17-21-7-3-5-11-25-21/h1-16,19-20H,17-18H2/q+2. The van der Waals surface area contributed by atoms with Gasteiger partial charge < -0.3 is 0 Å². The number of aromatic nitrogens is 6. The van der Waals surface area contributed by atoms with Crippen LogP contribution in [0.4, 0.5) is 0 Å². The zero-order valence-corrected chi connectivity index (χ0v) is 16.5. The van der Waals surface area contributed by atoms with Gasteiger partial charge >= 0.3 is 0 Å². The Hall–Kier alpha value is -4.06. The van der Waals surface area contributed by atoms with Crippen molar-refractivity contribution in [2.75, 3.05) is 0 Å². The summed E-state index contributed by atoms with van der Waals surface area (Å²) in [5, 5.41) is 0. The normalized spacial score (nSPS) is 10.9. The third-order valence-electron chi connectivity index (χ3n) is 4.96. The van der Waals surface area contributed by atoms with E-state index in [1.165, 1.54) is 0 Å². The zero-order valence-electron chi connectivity index (χ0n) is 16.5. The highest BCUT2D eigenvalue weighted by molar-refractivity contribution is 5.51. The molecule has 0 spiro atoms. The van der Waals surface area contributed by atoms with Gasteiger partial charge in [0.2, 0.25) is 12.7 Å². The summed E-state index contributed by atoms with van der Waals surface area (Å²) in [6.45, 7) is 1.48. The van der Waals surface area contributed by atoms with Crippen molar-refractivity contribution >= 4 is 0 Å². The van der Waals surface area contributed by atoms with Crippen LogP contribution in [0.5, 0.6) is 0 Å². The number of imidazole rings is 2. The van der Waals surface area contributed by atoms with E-state index >= 15 is 0 Å². The number of nitrogens with zero attached hydrogens (tertiary/aromatic N) is 6. The van der Waals surface area contributed by atoms with Crippen molar-refractivity contribution in [1.82, 2.24) is 19.1 Å². The van der Waals surface area contributed by atoms with Crippen LogP contribution in [0.3, 0.4) is 0 Å². The van der Waals surface area contributed by atoms with Gasteiger partial charge in [-0.1, -0.05) is 24.3 Å². The van der Waals surface area contributed by atoms with Crippen LogP contribution >= 0.6 is 0 Å². The van der Waals surface area contributed by atoms with E-state index in [2.05, 4.69) is 89.9 Å². The molecule has 0 saturated carbocycles. The molecule has 4 heterocycles. The number of hydrogen-bond acceptors (Lipinski definition) is 2. The largest absolute Gasteiger partial charge is 0.257 e. The first-order valence-corrected chi connectivity index (χ1v) is 9.89. The summed E-state index contributed by atoms with van der Waals surface area (Å²) in [6.07, 6.45) is 16.1. The number of benzene rings is 1. The Morgan fingerprint density at radius 1 is 0.600 bits per heavy atom. The maximum atomic E-state index is 4.42. The Kier molecular flexibility index (Phi) is 4.88. The number of pyridine rings is 2. The highest BCUT2D eigenvalue weighted by atomic mass is 15.2. The van der Waals surface area contributed by atoms with Crippen molar-refractivity contribution < 1.29 is 9.13 Å². The lowest BCUT2D eigenvalue weighted by molar-refractivity contribution is -0.688. The lowest BCUT2D eigenvalue weighted by Crippen LogP contribution is -2.32. The first-order chi connectivity index (χ1) is 14.8. The molecule has 6 heteroatoms. The minimum atomic E-state index is 0.740. The molecule has 146 valence electrons. The van der Waals surface area contributed by atoms with Crippen LogP contribution in [0.1, 0.15) is 11.4 Å². The van der Waals surface area contributed by atoms with Gasteiger partial charge in [0.15, 0.2) is 11.4 Å². The number of para-hydroxylation sites is 2. The molecular weight excluding hydrogens is 372 g/mol. The fraction of sp³-hybridized carbons (Fsp3) is 0.0833. The molecule has 0 unspecified atom stereocenters. The Bertz CT molecular complexity index is 1140. The summed E-state index contributed by atoms with van der Waals surface area (Å²) in [4.78, 5) is 8.83. The molecule has 0 bridgehead atoms. The summed E-state index contributed by atoms with van der Waals surface area (Å²) in [7, 11) is 0. The predicted molar refractivity (Wildman–Crippen MR) is 112 cm³/mol. The van der Waals surface area contributed by atoms with Gasteiger partial charge in [0.25, 0.3) is 0 Å². The van der Waals surface area contributed by atoms with Gasteiger partial charge in [-0.2, -0.15) is 9.13 Å². The molecule has 5 rings (SSSR count). The average molecular weight is 394 g/mol. The summed E-state index contributed by atoms with van der Waals surface area (Å²) in [6, 6.07) is 20.4. The number of rotatable bonds is 6. The third kappa shape index (κ3) is 3.89. The molecular formula is C24H22N6+2. The number of hydrogen-bond donors (Lipinski definition) is 0. The molecule has 0 aliphatic heterocycles. The molecule has 0 atom stereocenters. The monoisotopic (exact) mass is 394 g/mol. The van der Waals surface area contributed by atoms with Crippen molar-refractivity contribution in [3.63, 3.8) is 0 Å². The summed E-state index contributed by atoms with van der Waals surface area (Å²) in [5.74, 6) is 0. The van der Waals surface area contributed by atoms with Gasteiger partial charge in [0.05, 0.1) is 11.4 Å². The van der Waals surface area contributed by atoms with Gasteiger partial charge in [-0.15, -0.1) is 0 Å². The first-order valence-electron chi connectivity index (χ1n) is 9.89. The first kappa shape index (κ1) is 18.0. The Balaban J connectivity index is 1.41. The summed E-state index contributed by atoms with van der Waals surface area (Å²) >= 11 is 0. The Labute approximate surface area is 175 Å². The lowest BCUT2D eigenvalue weighted by atomic mass is 10.2. The molecule has 30 heavy (non-hydrogen) atoms. The lowest BCUT2D eigenvalue weighted by Gasteiger charge is -2.02. The SMILES string of the molecule is c1ccc(C[n+]2ccn(-c3ccccc3-n3cc[n+](Cc4ccccn4)c3)c2)nc1. The van der Waals surface area contributed by atoms with E-state index in [1.807, 2.05) is 48.8 Å². The van der Waals surface area contributed by atoms with E-state index in [1.54, 1.807) is 0 Å². The minimum absolute atomic E-state index is 0.740. The summed E-state index contributed by atoms with van der Waals surface area (Å²) in [5.41, 5.74) is 4.29. The van der Waals surface area contributed by atoms with Gasteiger partial charge in [0, 0.05) is 12.4 Å². The second kappa shape index (κ2) is 8.13. The fourth-order valence-corrected chi connectivity index (χ4v) is 3.52. The van der Waals surface area contributed by atoms with Crippen molar-refractivity contribution in [3.05, 3.63) is 122 Å². The topological polar surface area (TPSA) is 43.4 Å². The molecule has 0 saturated heterocycles. The second-order valence-corrected chi connectivity index (χ2v) is 7.12. The molecule has 0 aliphatic rings. The van der Waals surface area contributed by atoms with Crippen LogP contribution in [0.2, 0.25) is 0 Å². The Morgan fingerprint density at radius 2 is 1.07 bits per heavy atom. The van der Waals surface area contributed by atoms with Crippen LogP contribution < -0.4 is 9.13 Å². The van der Waals surface area contributed by atoms with Gasteiger partial charge in [-0.3, -0.25) is 9.97 Å². The molecule has 4 aromatic heterocycles. The van der Waals surface area contributed by atoms with Crippen molar-refractivity contribution in [1.29, 1.82) is 0 Å². The van der Waals surface area contributed by atoms with E-state index in [-0.39, 0.29) is 0 Å². The highest BCUT2D eigenvalue weighted by Gasteiger charge is 2.17. The third-order valence-corrected chi connectivity index (χ3v) is 4.96.